The highest BCUT2D eigenvalue weighted by atomic mass is 16.5. The number of unbranched alkanes of at least 4 members (excludes halogenated alkanes) is 12. The van der Waals surface area contributed by atoms with Gasteiger partial charge in [-0.2, -0.15) is 0 Å². The van der Waals surface area contributed by atoms with Crippen molar-refractivity contribution in [2.75, 3.05) is 6.61 Å². The molecule has 0 atom stereocenters. The van der Waals surface area contributed by atoms with Gasteiger partial charge in [-0.1, -0.05) is 90.6 Å². The second-order valence-electron chi connectivity index (χ2n) is 6.61. The number of carbonyl (C=O) groups is 1. The molecule has 0 aliphatic rings. The zero-order chi connectivity index (χ0) is 16.5. The van der Waals surface area contributed by atoms with E-state index >= 15 is 0 Å². The topological polar surface area (TPSA) is 26.3 Å². The number of rotatable bonds is 16. The van der Waals surface area contributed by atoms with Gasteiger partial charge in [-0.05, 0) is 18.9 Å². The number of hydrogen-bond donors (Lipinski definition) is 0. The molecule has 2 nitrogen and oxygen atoms in total. The van der Waals surface area contributed by atoms with E-state index in [2.05, 4.69) is 13.5 Å². The molecule has 0 unspecified atom stereocenters. The van der Waals surface area contributed by atoms with Crippen molar-refractivity contribution < 1.29 is 9.53 Å². The lowest BCUT2D eigenvalue weighted by atomic mass is 10.0. The average molecular weight is 311 g/mol. The molecule has 0 aromatic rings. The Morgan fingerprint density at radius 2 is 1.18 bits per heavy atom. The quantitative estimate of drug-likeness (QED) is 0.183. The maximum absolute atomic E-state index is 11.4. The first-order valence-electron chi connectivity index (χ1n) is 9.46. The van der Waals surface area contributed by atoms with Crippen molar-refractivity contribution in [1.82, 2.24) is 0 Å². The van der Waals surface area contributed by atoms with Crippen molar-refractivity contribution in [3.8, 4) is 0 Å². The van der Waals surface area contributed by atoms with Crippen LogP contribution in [0.25, 0.3) is 0 Å². The number of hydrogen-bond acceptors (Lipinski definition) is 2. The van der Waals surface area contributed by atoms with Crippen molar-refractivity contribution >= 4 is 5.97 Å². The van der Waals surface area contributed by atoms with E-state index in [1.807, 2.05) is 6.92 Å². The molecule has 0 aromatic heterocycles. The molecule has 0 saturated heterocycles. The van der Waals surface area contributed by atoms with Gasteiger partial charge in [0.05, 0.1) is 0 Å². The summed E-state index contributed by atoms with van der Waals surface area (Å²) < 4.78 is 5.07. The smallest absolute Gasteiger partial charge is 0.306 e. The van der Waals surface area contributed by atoms with Gasteiger partial charge in [-0.25, -0.2) is 0 Å². The summed E-state index contributed by atoms with van der Waals surface area (Å²) >= 11 is 0. The molecule has 0 N–H and O–H groups in total. The summed E-state index contributed by atoms with van der Waals surface area (Å²) in [7, 11) is 0. The summed E-state index contributed by atoms with van der Waals surface area (Å²) in [6, 6.07) is 0. The van der Waals surface area contributed by atoms with Gasteiger partial charge in [-0.15, -0.1) is 0 Å². The molecular weight excluding hydrogens is 272 g/mol. The third-order valence-corrected chi connectivity index (χ3v) is 3.96. The second-order valence-corrected chi connectivity index (χ2v) is 6.61. The zero-order valence-corrected chi connectivity index (χ0v) is 15.1. The molecule has 0 radical (unpaired) electrons. The van der Waals surface area contributed by atoms with Gasteiger partial charge in [0.25, 0.3) is 0 Å². The highest BCUT2D eigenvalue weighted by Crippen LogP contribution is 2.13. The van der Waals surface area contributed by atoms with E-state index in [0.29, 0.717) is 13.0 Å². The van der Waals surface area contributed by atoms with Crippen molar-refractivity contribution in [3.05, 3.63) is 12.2 Å². The molecule has 0 fully saturated rings. The SMILES string of the molecule is C=C(C)COC(=O)CCCCCCCCCCCCCCC. The molecule has 0 rings (SSSR count). The highest BCUT2D eigenvalue weighted by Gasteiger charge is 2.02. The Kier molecular flexibility index (Phi) is 16.0. The minimum Gasteiger partial charge on any atom is -0.461 e. The van der Waals surface area contributed by atoms with E-state index in [-0.39, 0.29) is 5.97 Å². The fourth-order valence-electron chi connectivity index (χ4n) is 2.56. The second kappa shape index (κ2) is 16.6. The fourth-order valence-corrected chi connectivity index (χ4v) is 2.56. The van der Waals surface area contributed by atoms with E-state index in [0.717, 1.165) is 18.4 Å². The molecule has 0 heterocycles. The standard InChI is InChI=1S/C20H38O2/c1-4-5-6-7-8-9-10-11-12-13-14-15-16-17-20(21)22-18-19(2)3/h2,4-18H2,1,3H3. The summed E-state index contributed by atoms with van der Waals surface area (Å²) in [4.78, 5) is 11.4. The molecule has 0 saturated carbocycles. The Bertz CT molecular complexity index is 271. The number of ether oxygens (including phenoxy) is 1. The van der Waals surface area contributed by atoms with Gasteiger partial charge < -0.3 is 4.74 Å². The lowest BCUT2D eigenvalue weighted by molar-refractivity contribution is -0.142. The number of carbonyl (C=O) groups excluding carboxylic acids is 1. The van der Waals surface area contributed by atoms with E-state index < -0.39 is 0 Å². The maximum atomic E-state index is 11.4. The van der Waals surface area contributed by atoms with Crippen molar-refractivity contribution in [2.24, 2.45) is 0 Å². The van der Waals surface area contributed by atoms with Gasteiger partial charge in [0, 0.05) is 6.42 Å². The predicted octanol–water partition coefficient (Wildman–Crippen LogP) is 6.59. The van der Waals surface area contributed by atoms with E-state index in [1.165, 1.54) is 70.6 Å². The van der Waals surface area contributed by atoms with Crippen LogP contribution in [0.4, 0.5) is 0 Å². The largest absolute Gasteiger partial charge is 0.461 e. The number of esters is 1. The minimum absolute atomic E-state index is 0.0777. The Morgan fingerprint density at radius 3 is 1.59 bits per heavy atom. The minimum atomic E-state index is -0.0777. The molecule has 0 aromatic carbocycles. The van der Waals surface area contributed by atoms with Crippen molar-refractivity contribution in [3.63, 3.8) is 0 Å². The van der Waals surface area contributed by atoms with Crippen molar-refractivity contribution in [2.45, 2.75) is 104 Å². The molecule has 0 amide bonds. The molecule has 0 aliphatic heterocycles. The van der Waals surface area contributed by atoms with E-state index in [1.54, 1.807) is 0 Å². The van der Waals surface area contributed by atoms with Gasteiger partial charge in [0.15, 0.2) is 0 Å². The first-order valence-corrected chi connectivity index (χ1v) is 9.46. The van der Waals surface area contributed by atoms with Gasteiger partial charge in [0.1, 0.15) is 6.61 Å². The van der Waals surface area contributed by atoms with Crippen LogP contribution < -0.4 is 0 Å². The van der Waals surface area contributed by atoms with Crippen LogP contribution in [0, 0.1) is 0 Å². The van der Waals surface area contributed by atoms with Crippen LogP contribution in [-0.2, 0) is 9.53 Å². The summed E-state index contributed by atoms with van der Waals surface area (Å²) in [6.45, 7) is 8.23. The van der Waals surface area contributed by atoms with E-state index in [4.69, 9.17) is 4.74 Å². The van der Waals surface area contributed by atoms with Crippen molar-refractivity contribution in [1.29, 1.82) is 0 Å². The normalized spacial score (nSPS) is 10.6. The van der Waals surface area contributed by atoms with Crippen LogP contribution in [0.3, 0.4) is 0 Å². The third-order valence-electron chi connectivity index (χ3n) is 3.96. The van der Waals surface area contributed by atoms with Gasteiger partial charge in [0.2, 0.25) is 0 Å². The molecule has 0 aliphatic carbocycles. The monoisotopic (exact) mass is 310 g/mol. The fraction of sp³-hybridized carbons (Fsp3) is 0.850. The molecular formula is C20H38O2. The first-order chi connectivity index (χ1) is 10.7. The zero-order valence-electron chi connectivity index (χ0n) is 15.1. The third kappa shape index (κ3) is 17.3. The molecule has 22 heavy (non-hydrogen) atoms. The first kappa shape index (κ1) is 21.2. The van der Waals surface area contributed by atoms with Gasteiger partial charge in [-0.3, -0.25) is 4.79 Å². The molecule has 0 bridgehead atoms. The summed E-state index contributed by atoms with van der Waals surface area (Å²) in [5, 5.41) is 0. The summed E-state index contributed by atoms with van der Waals surface area (Å²) in [5.41, 5.74) is 0.902. The van der Waals surface area contributed by atoms with Crippen LogP contribution in [-0.4, -0.2) is 12.6 Å². The predicted molar refractivity (Wildman–Crippen MR) is 96.1 cm³/mol. The van der Waals surface area contributed by atoms with Crippen LogP contribution in [0.5, 0.6) is 0 Å². The van der Waals surface area contributed by atoms with E-state index in [9.17, 15) is 4.79 Å². The lowest BCUT2D eigenvalue weighted by Gasteiger charge is -2.04. The van der Waals surface area contributed by atoms with Crippen LogP contribution in [0.1, 0.15) is 104 Å². The summed E-state index contributed by atoms with van der Waals surface area (Å²) in [5.74, 6) is -0.0777. The van der Waals surface area contributed by atoms with Crippen LogP contribution >= 0.6 is 0 Å². The Hall–Kier alpha value is -0.790. The molecule has 130 valence electrons. The van der Waals surface area contributed by atoms with Crippen LogP contribution in [0.2, 0.25) is 0 Å². The van der Waals surface area contributed by atoms with Gasteiger partial charge >= 0.3 is 5.97 Å². The molecule has 2 heteroatoms. The van der Waals surface area contributed by atoms with Crippen LogP contribution in [0.15, 0.2) is 12.2 Å². The summed E-state index contributed by atoms with van der Waals surface area (Å²) in [6.07, 6.45) is 17.8. The Morgan fingerprint density at radius 1 is 0.773 bits per heavy atom. The lowest BCUT2D eigenvalue weighted by Crippen LogP contribution is -2.05. The molecule has 0 spiro atoms. The Labute approximate surface area is 138 Å². The Balaban J connectivity index is 3.11. The highest BCUT2D eigenvalue weighted by molar-refractivity contribution is 5.69. The maximum Gasteiger partial charge on any atom is 0.306 e. The average Bonchev–Trinajstić information content (AvgIpc) is 2.49.